The van der Waals surface area contributed by atoms with E-state index in [1.807, 2.05) is 0 Å². The molecular weight excluding hydrogens is 334 g/mol. The maximum Gasteiger partial charge on any atom is 0.417 e. The normalized spacial score (nSPS) is 13.2. The SMILES string of the molecule is CC(CCl)NC(=O)c1ccc(Br)c(C(F)(F)F)c1. The topological polar surface area (TPSA) is 29.1 Å². The molecule has 100 valence electrons. The number of rotatable bonds is 3. The van der Waals surface area contributed by atoms with E-state index < -0.39 is 17.6 Å². The van der Waals surface area contributed by atoms with Crippen molar-refractivity contribution in [1.82, 2.24) is 5.32 Å². The molecule has 0 radical (unpaired) electrons. The molecule has 0 fully saturated rings. The molecule has 1 rings (SSSR count). The lowest BCUT2D eigenvalue weighted by Gasteiger charge is -2.13. The summed E-state index contributed by atoms with van der Waals surface area (Å²) in [6.07, 6.45) is -4.51. The van der Waals surface area contributed by atoms with E-state index >= 15 is 0 Å². The number of nitrogens with one attached hydrogen (secondary N) is 1. The van der Waals surface area contributed by atoms with Crippen LogP contribution >= 0.6 is 27.5 Å². The van der Waals surface area contributed by atoms with Gasteiger partial charge < -0.3 is 5.32 Å². The van der Waals surface area contributed by atoms with E-state index in [9.17, 15) is 18.0 Å². The number of carbonyl (C=O) groups excluding carboxylic acids is 1. The molecule has 1 atom stereocenters. The minimum atomic E-state index is -4.51. The van der Waals surface area contributed by atoms with Gasteiger partial charge in [-0.3, -0.25) is 4.79 Å². The molecule has 1 unspecified atom stereocenters. The van der Waals surface area contributed by atoms with Gasteiger partial charge >= 0.3 is 6.18 Å². The first-order valence-corrected chi connectivity index (χ1v) is 6.32. The first kappa shape index (κ1) is 15.3. The Hall–Kier alpha value is -0.750. The van der Waals surface area contributed by atoms with Crippen LogP contribution in [0.5, 0.6) is 0 Å². The summed E-state index contributed by atoms with van der Waals surface area (Å²) in [7, 11) is 0. The van der Waals surface area contributed by atoms with Crippen molar-refractivity contribution in [3.8, 4) is 0 Å². The molecule has 0 saturated carbocycles. The molecule has 0 bridgehead atoms. The molecule has 0 aromatic heterocycles. The smallest absolute Gasteiger partial charge is 0.348 e. The fourth-order valence-corrected chi connectivity index (χ4v) is 1.78. The summed E-state index contributed by atoms with van der Waals surface area (Å²) in [4.78, 5) is 11.7. The molecule has 0 aliphatic carbocycles. The Bertz CT molecular complexity index is 450. The Balaban J connectivity index is 3.02. The molecule has 0 aliphatic heterocycles. The Kier molecular flexibility index (Phi) is 5.04. The van der Waals surface area contributed by atoms with Gasteiger partial charge in [-0.05, 0) is 25.1 Å². The molecule has 18 heavy (non-hydrogen) atoms. The highest BCUT2D eigenvalue weighted by Crippen LogP contribution is 2.35. The van der Waals surface area contributed by atoms with Crippen molar-refractivity contribution in [2.75, 3.05) is 5.88 Å². The van der Waals surface area contributed by atoms with E-state index in [0.717, 1.165) is 6.07 Å². The standard InChI is InChI=1S/C11H10BrClF3NO/c1-6(5-13)17-10(18)7-2-3-9(12)8(4-7)11(14,15)16/h2-4,6H,5H2,1H3,(H,17,18). The lowest BCUT2D eigenvalue weighted by molar-refractivity contribution is -0.138. The minimum absolute atomic E-state index is 0.0532. The summed E-state index contributed by atoms with van der Waals surface area (Å²) in [5.74, 6) is -0.393. The van der Waals surface area contributed by atoms with Gasteiger partial charge in [-0.2, -0.15) is 13.2 Å². The van der Waals surface area contributed by atoms with Crippen molar-refractivity contribution in [3.63, 3.8) is 0 Å². The van der Waals surface area contributed by atoms with Crippen LogP contribution in [0.3, 0.4) is 0 Å². The van der Waals surface area contributed by atoms with Crippen LogP contribution in [0.1, 0.15) is 22.8 Å². The predicted octanol–water partition coefficient (Wildman–Crippen LogP) is 3.83. The number of alkyl halides is 4. The van der Waals surface area contributed by atoms with Crippen molar-refractivity contribution >= 4 is 33.4 Å². The van der Waals surface area contributed by atoms with Crippen molar-refractivity contribution in [1.29, 1.82) is 0 Å². The quantitative estimate of drug-likeness (QED) is 0.830. The van der Waals surface area contributed by atoms with Crippen molar-refractivity contribution < 1.29 is 18.0 Å². The number of benzene rings is 1. The largest absolute Gasteiger partial charge is 0.417 e. The average Bonchev–Trinajstić information content (AvgIpc) is 2.27. The first-order chi connectivity index (χ1) is 8.25. The molecular formula is C11H10BrClF3NO. The van der Waals surface area contributed by atoms with E-state index in [-0.39, 0.29) is 22.0 Å². The lowest BCUT2D eigenvalue weighted by atomic mass is 10.1. The second kappa shape index (κ2) is 5.93. The molecule has 2 nitrogen and oxygen atoms in total. The van der Waals surface area contributed by atoms with E-state index in [1.165, 1.54) is 12.1 Å². The van der Waals surface area contributed by atoms with Crippen molar-refractivity contribution in [2.24, 2.45) is 0 Å². The molecule has 0 saturated heterocycles. The summed E-state index contributed by atoms with van der Waals surface area (Å²) in [5.41, 5.74) is -0.934. The maximum absolute atomic E-state index is 12.6. The number of hydrogen-bond acceptors (Lipinski definition) is 1. The maximum atomic E-state index is 12.6. The highest BCUT2D eigenvalue weighted by molar-refractivity contribution is 9.10. The van der Waals surface area contributed by atoms with Crippen LogP contribution in [0.2, 0.25) is 0 Å². The zero-order chi connectivity index (χ0) is 13.9. The fraction of sp³-hybridized carbons (Fsp3) is 0.364. The fourth-order valence-electron chi connectivity index (χ4n) is 1.23. The molecule has 1 aromatic carbocycles. The molecule has 1 aromatic rings. The average molecular weight is 345 g/mol. The third-order valence-electron chi connectivity index (χ3n) is 2.14. The molecule has 1 amide bonds. The van der Waals surface area contributed by atoms with Gasteiger partial charge in [-0.25, -0.2) is 0 Å². The number of carbonyl (C=O) groups is 1. The monoisotopic (exact) mass is 343 g/mol. The van der Waals surface area contributed by atoms with Crippen molar-refractivity contribution in [2.45, 2.75) is 19.1 Å². The molecule has 1 N–H and O–H groups in total. The Labute approximate surface area is 116 Å². The Morgan fingerprint density at radius 2 is 2.11 bits per heavy atom. The highest BCUT2D eigenvalue weighted by Gasteiger charge is 2.33. The summed E-state index contributed by atoms with van der Waals surface area (Å²) >= 11 is 8.32. The summed E-state index contributed by atoms with van der Waals surface area (Å²) in [6.45, 7) is 1.66. The highest BCUT2D eigenvalue weighted by atomic mass is 79.9. The van der Waals surface area contributed by atoms with Gasteiger partial charge in [-0.1, -0.05) is 15.9 Å². The zero-order valence-electron chi connectivity index (χ0n) is 9.31. The summed E-state index contributed by atoms with van der Waals surface area (Å²) < 4.78 is 37.8. The summed E-state index contributed by atoms with van der Waals surface area (Å²) in [6, 6.07) is 3.01. The van der Waals surface area contributed by atoms with Crippen LogP contribution in [-0.4, -0.2) is 17.8 Å². The zero-order valence-corrected chi connectivity index (χ0v) is 11.7. The second-order valence-corrected chi connectivity index (χ2v) is 4.88. The third-order valence-corrected chi connectivity index (χ3v) is 3.30. The second-order valence-electron chi connectivity index (χ2n) is 3.72. The van der Waals surface area contributed by atoms with Crippen molar-refractivity contribution in [3.05, 3.63) is 33.8 Å². The molecule has 0 heterocycles. The molecule has 0 spiro atoms. The lowest BCUT2D eigenvalue weighted by Crippen LogP contribution is -2.33. The number of hydrogen-bond donors (Lipinski definition) is 1. The van der Waals surface area contributed by atoms with Gasteiger partial charge in [-0.15, -0.1) is 11.6 Å². The van der Waals surface area contributed by atoms with Crippen LogP contribution < -0.4 is 5.32 Å². The van der Waals surface area contributed by atoms with E-state index in [2.05, 4.69) is 21.2 Å². The van der Waals surface area contributed by atoms with E-state index in [0.29, 0.717) is 0 Å². The van der Waals surface area contributed by atoms with E-state index in [4.69, 9.17) is 11.6 Å². The van der Waals surface area contributed by atoms with Gasteiger partial charge in [0.25, 0.3) is 5.91 Å². The van der Waals surface area contributed by atoms with E-state index in [1.54, 1.807) is 6.92 Å². The van der Waals surface area contributed by atoms with Crippen LogP contribution in [0, 0.1) is 0 Å². The minimum Gasteiger partial charge on any atom is -0.348 e. The molecule has 7 heteroatoms. The predicted molar refractivity (Wildman–Crippen MR) is 66.8 cm³/mol. The Morgan fingerprint density at radius 1 is 1.50 bits per heavy atom. The van der Waals surface area contributed by atoms with Crippen LogP contribution in [0.15, 0.2) is 22.7 Å². The van der Waals surface area contributed by atoms with Crippen LogP contribution in [-0.2, 0) is 6.18 Å². The Morgan fingerprint density at radius 3 is 2.61 bits per heavy atom. The van der Waals surface area contributed by atoms with Gasteiger partial charge in [0.15, 0.2) is 0 Å². The van der Waals surface area contributed by atoms with Crippen LogP contribution in [0.4, 0.5) is 13.2 Å². The first-order valence-electron chi connectivity index (χ1n) is 4.99. The van der Waals surface area contributed by atoms with Gasteiger partial charge in [0.1, 0.15) is 0 Å². The van der Waals surface area contributed by atoms with Gasteiger partial charge in [0.05, 0.1) is 5.56 Å². The van der Waals surface area contributed by atoms with Crippen LogP contribution in [0.25, 0.3) is 0 Å². The molecule has 0 aliphatic rings. The third kappa shape index (κ3) is 3.88. The number of halogens is 5. The number of amides is 1. The van der Waals surface area contributed by atoms with Gasteiger partial charge in [0, 0.05) is 22.0 Å². The summed E-state index contributed by atoms with van der Waals surface area (Å²) in [5, 5.41) is 2.49. The van der Waals surface area contributed by atoms with Gasteiger partial charge in [0.2, 0.25) is 0 Å².